The Morgan fingerprint density at radius 3 is 2.64 bits per heavy atom. The molecule has 0 saturated carbocycles. The molecular weight excluding hydrogens is 368 g/mol. The largest absolute Gasteiger partial charge is 0.394 e. The van der Waals surface area contributed by atoms with Crippen molar-refractivity contribution >= 4 is 40.4 Å². The van der Waals surface area contributed by atoms with E-state index in [9.17, 15) is 4.39 Å². The van der Waals surface area contributed by atoms with Gasteiger partial charge in [0.05, 0.1) is 35.7 Å². The summed E-state index contributed by atoms with van der Waals surface area (Å²) in [6.45, 7) is 2.30. The van der Waals surface area contributed by atoms with Crippen LogP contribution in [0.2, 0.25) is 10.2 Å². The average Bonchev–Trinajstić information content (AvgIpc) is 2.96. The van der Waals surface area contributed by atoms with Crippen LogP contribution in [-0.2, 0) is 4.74 Å². The highest BCUT2D eigenvalue weighted by molar-refractivity contribution is 6.36. The lowest BCUT2D eigenvalue weighted by atomic mass is 10.1. The molecule has 130 valence electrons. The number of halogens is 3. The first kappa shape index (κ1) is 16.4. The van der Waals surface area contributed by atoms with Gasteiger partial charge in [-0.05, 0) is 12.1 Å². The van der Waals surface area contributed by atoms with E-state index in [1.165, 1.54) is 12.3 Å². The summed E-state index contributed by atoms with van der Waals surface area (Å²) in [5.41, 5.74) is 7.34. The Labute approximate surface area is 152 Å². The van der Waals surface area contributed by atoms with Crippen molar-refractivity contribution in [1.82, 2.24) is 14.6 Å². The lowest BCUT2D eigenvalue weighted by Crippen LogP contribution is -2.38. The van der Waals surface area contributed by atoms with Crippen molar-refractivity contribution in [3.05, 3.63) is 40.4 Å². The van der Waals surface area contributed by atoms with Crippen molar-refractivity contribution in [2.75, 3.05) is 36.9 Å². The molecule has 0 amide bonds. The number of fused-ring (bicyclic) bond motifs is 1. The molecule has 9 heteroatoms. The standard InChI is InChI=1S/C16H14Cl2FN5O/c17-9-2-1-3-10(19)12(9)13-14(18)22-15-11(20)8-21-24(15)16(13)23-4-6-25-7-5-23/h1-3,8H,4-7,20H2. The molecule has 0 radical (unpaired) electrons. The summed E-state index contributed by atoms with van der Waals surface area (Å²) in [4.78, 5) is 6.33. The van der Waals surface area contributed by atoms with Crippen LogP contribution >= 0.6 is 23.2 Å². The molecule has 1 aliphatic rings. The van der Waals surface area contributed by atoms with E-state index in [1.54, 1.807) is 16.6 Å². The van der Waals surface area contributed by atoms with Crippen molar-refractivity contribution < 1.29 is 9.13 Å². The van der Waals surface area contributed by atoms with Gasteiger partial charge in [-0.15, -0.1) is 0 Å². The van der Waals surface area contributed by atoms with E-state index >= 15 is 0 Å². The number of morpholine rings is 1. The fourth-order valence-corrected chi connectivity index (χ4v) is 3.50. The molecule has 2 aromatic heterocycles. The Morgan fingerprint density at radius 1 is 1.16 bits per heavy atom. The Bertz CT molecular complexity index is 935. The molecule has 1 fully saturated rings. The van der Waals surface area contributed by atoms with Crippen LogP contribution in [0.25, 0.3) is 16.8 Å². The van der Waals surface area contributed by atoms with Gasteiger partial charge in [0, 0.05) is 18.7 Å². The van der Waals surface area contributed by atoms with Gasteiger partial charge in [0.15, 0.2) is 5.65 Å². The summed E-state index contributed by atoms with van der Waals surface area (Å²) in [5.74, 6) is 0.118. The third-order valence-electron chi connectivity index (χ3n) is 4.13. The van der Waals surface area contributed by atoms with Crippen molar-refractivity contribution in [3.63, 3.8) is 0 Å². The zero-order chi connectivity index (χ0) is 17.6. The van der Waals surface area contributed by atoms with Gasteiger partial charge in [-0.2, -0.15) is 9.61 Å². The van der Waals surface area contributed by atoms with Gasteiger partial charge >= 0.3 is 0 Å². The Balaban J connectivity index is 2.07. The van der Waals surface area contributed by atoms with E-state index < -0.39 is 5.82 Å². The molecule has 25 heavy (non-hydrogen) atoms. The smallest absolute Gasteiger partial charge is 0.182 e. The van der Waals surface area contributed by atoms with Crippen LogP contribution in [0.15, 0.2) is 24.4 Å². The molecule has 3 heterocycles. The van der Waals surface area contributed by atoms with Gasteiger partial charge < -0.3 is 15.4 Å². The van der Waals surface area contributed by atoms with Crippen LogP contribution in [-0.4, -0.2) is 40.9 Å². The van der Waals surface area contributed by atoms with E-state index in [-0.39, 0.29) is 15.7 Å². The normalized spacial score (nSPS) is 15.1. The number of nitrogen functional groups attached to an aromatic ring is 1. The lowest BCUT2D eigenvalue weighted by molar-refractivity contribution is 0.122. The third-order valence-corrected chi connectivity index (χ3v) is 4.72. The molecule has 0 bridgehead atoms. The number of hydrogen-bond donors (Lipinski definition) is 1. The Hall–Kier alpha value is -2.09. The second kappa shape index (κ2) is 6.33. The first-order chi connectivity index (χ1) is 12.1. The minimum absolute atomic E-state index is 0.119. The number of ether oxygens (including phenoxy) is 1. The van der Waals surface area contributed by atoms with Gasteiger partial charge in [0.1, 0.15) is 16.8 Å². The Morgan fingerprint density at radius 2 is 1.92 bits per heavy atom. The van der Waals surface area contributed by atoms with Crippen LogP contribution in [0.1, 0.15) is 0 Å². The molecule has 0 atom stereocenters. The minimum atomic E-state index is -0.481. The predicted molar refractivity (Wildman–Crippen MR) is 95.8 cm³/mol. The minimum Gasteiger partial charge on any atom is -0.394 e. The number of anilines is 2. The monoisotopic (exact) mass is 381 g/mol. The highest BCUT2D eigenvalue weighted by Crippen LogP contribution is 2.42. The number of aromatic nitrogens is 3. The summed E-state index contributed by atoms with van der Waals surface area (Å²) < 4.78 is 21.6. The molecule has 4 rings (SSSR count). The zero-order valence-electron chi connectivity index (χ0n) is 13.0. The summed E-state index contributed by atoms with van der Waals surface area (Å²) >= 11 is 12.7. The number of hydrogen-bond acceptors (Lipinski definition) is 5. The van der Waals surface area contributed by atoms with Gasteiger partial charge in [-0.25, -0.2) is 9.37 Å². The summed E-state index contributed by atoms with van der Waals surface area (Å²) in [6.07, 6.45) is 1.50. The topological polar surface area (TPSA) is 68.7 Å². The summed E-state index contributed by atoms with van der Waals surface area (Å²) in [6, 6.07) is 4.49. The molecule has 0 aliphatic carbocycles. The maximum Gasteiger partial charge on any atom is 0.182 e. The molecule has 1 saturated heterocycles. The van der Waals surface area contributed by atoms with Gasteiger partial charge in [-0.1, -0.05) is 29.3 Å². The number of nitrogens with two attached hydrogens (primary N) is 1. The SMILES string of the molecule is Nc1cnn2c(N3CCOCC3)c(-c3c(F)cccc3Cl)c(Cl)nc12. The van der Waals surface area contributed by atoms with Crippen molar-refractivity contribution in [2.45, 2.75) is 0 Å². The number of rotatable bonds is 2. The fraction of sp³-hybridized carbons (Fsp3) is 0.250. The second-order valence-electron chi connectivity index (χ2n) is 5.63. The molecule has 0 unspecified atom stereocenters. The van der Waals surface area contributed by atoms with Crippen LogP contribution < -0.4 is 10.6 Å². The average molecular weight is 382 g/mol. The van der Waals surface area contributed by atoms with E-state index in [2.05, 4.69) is 10.1 Å². The molecule has 1 aromatic carbocycles. The predicted octanol–water partition coefficient (Wildman–Crippen LogP) is 3.26. The molecule has 1 aliphatic heterocycles. The van der Waals surface area contributed by atoms with Gasteiger partial charge in [0.25, 0.3) is 0 Å². The molecule has 6 nitrogen and oxygen atoms in total. The van der Waals surface area contributed by atoms with Crippen LogP contribution in [0, 0.1) is 5.82 Å². The molecular formula is C16H14Cl2FN5O. The second-order valence-corrected chi connectivity index (χ2v) is 6.40. The highest BCUT2D eigenvalue weighted by atomic mass is 35.5. The van der Waals surface area contributed by atoms with Gasteiger partial charge in [-0.3, -0.25) is 0 Å². The summed E-state index contributed by atoms with van der Waals surface area (Å²) in [7, 11) is 0. The van der Waals surface area contributed by atoms with Crippen molar-refractivity contribution in [1.29, 1.82) is 0 Å². The molecule has 0 spiro atoms. The van der Waals surface area contributed by atoms with Crippen LogP contribution in [0.3, 0.4) is 0 Å². The maximum absolute atomic E-state index is 14.6. The number of benzene rings is 1. The van der Waals surface area contributed by atoms with Crippen molar-refractivity contribution in [3.8, 4) is 11.1 Å². The van der Waals surface area contributed by atoms with E-state index in [0.29, 0.717) is 49.0 Å². The highest BCUT2D eigenvalue weighted by Gasteiger charge is 2.27. The first-order valence-corrected chi connectivity index (χ1v) is 8.43. The molecule has 2 N–H and O–H groups in total. The maximum atomic E-state index is 14.6. The van der Waals surface area contributed by atoms with E-state index in [0.717, 1.165) is 0 Å². The first-order valence-electron chi connectivity index (χ1n) is 7.67. The lowest BCUT2D eigenvalue weighted by Gasteiger charge is -2.31. The Kier molecular flexibility index (Phi) is 4.15. The third kappa shape index (κ3) is 2.68. The summed E-state index contributed by atoms with van der Waals surface area (Å²) in [5, 5.41) is 4.67. The zero-order valence-corrected chi connectivity index (χ0v) is 14.6. The van der Waals surface area contributed by atoms with Crippen LogP contribution in [0.4, 0.5) is 15.9 Å². The fourth-order valence-electron chi connectivity index (χ4n) is 2.99. The number of nitrogens with zero attached hydrogens (tertiary/aromatic N) is 4. The van der Waals surface area contributed by atoms with Crippen LogP contribution in [0.5, 0.6) is 0 Å². The van der Waals surface area contributed by atoms with E-state index in [4.69, 9.17) is 33.7 Å². The quantitative estimate of drug-likeness (QED) is 0.689. The molecule has 3 aromatic rings. The van der Waals surface area contributed by atoms with Gasteiger partial charge in [0.2, 0.25) is 0 Å². The van der Waals surface area contributed by atoms with Crippen molar-refractivity contribution in [2.24, 2.45) is 0 Å². The van der Waals surface area contributed by atoms with E-state index in [1.807, 2.05) is 4.90 Å².